The normalized spacial score (nSPS) is 20.8. The van der Waals surface area contributed by atoms with E-state index in [1.54, 1.807) is 10.6 Å². The predicted molar refractivity (Wildman–Crippen MR) is 63.0 cm³/mol. The second-order valence-electron chi connectivity index (χ2n) is 4.38. The summed E-state index contributed by atoms with van der Waals surface area (Å²) in [6, 6.07) is 5.54. The van der Waals surface area contributed by atoms with Crippen molar-refractivity contribution in [3.8, 4) is 0 Å². The minimum atomic E-state index is -0.0882. The average Bonchev–Trinajstić information content (AvgIpc) is 2.68. The van der Waals surface area contributed by atoms with E-state index in [0.717, 1.165) is 19.4 Å². The molecule has 0 saturated carbocycles. The Balaban J connectivity index is 1.89. The van der Waals surface area contributed by atoms with Crippen molar-refractivity contribution in [3.63, 3.8) is 0 Å². The van der Waals surface area contributed by atoms with E-state index in [9.17, 15) is 4.79 Å². The lowest BCUT2D eigenvalue weighted by Gasteiger charge is -2.21. The third kappa shape index (κ3) is 1.98. The quantitative estimate of drug-likeness (QED) is 0.779. The molecule has 3 rings (SSSR count). The van der Waals surface area contributed by atoms with Crippen LogP contribution in [-0.2, 0) is 11.3 Å². The van der Waals surface area contributed by atoms with Gasteiger partial charge >= 0.3 is 5.69 Å². The maximum Gasteiger partial charge on any atom is 0.350 e. The average molecular weight is 233 g/mol. The minimum absolute atomic E-state index is 0.0882. The zero-order valence-corrected chi connectivity index (χ0v) is 9.58. The van der Waals surface area contributed by atoms with Gasteiger partial charge in [0.05, 0.1) is 12.6 Å². The molecule has 1 fully saturated rings. The van der Waals surface area contributed by atoms with Crippen molar-refractivity contribution >= 4 is 5.65 Å². The van der Waals surface area contributed by atoms with Gasteiger partial charge in [0.25, 0.3) is 0 Å². The van der Waals surface area contributed by atoms with Gasteiger partial charge < -0.3 is 4.74 Å². The topological polar surface area (TPSA) is 48.5 Å². The number of pyridine rings is 1. The predicted octanol–water partition coefficient (Wildman–Crippen LogP) is 1.07. The van der Waals surface area contributed by atoms with Gasteiger partial charge in [0.2, 0.25) is 0 Å². The van der Waals surface area contributed by atoms with E-state index in [1.165, 1.54) is 11.1 Å². The van der Waals surface area contributed by atoms with Crippen molar-refractivity contribution in [1.82, 2.24) is 14.2 Å². The molecule has 0 radical (unpaired) electrons. The number of nitrogens with zero attached hydrogens (tertiary/aromatic N) is 3. The second kappa shape index (κ2) is 4.33. The number of hydrogen-bond acceptors (Lipinski definition) is 3. The molecule has 0 N–H and O–H groups in total. The van der Waals surface area contributed by atoms with Crippen LogP contribution in [0.1, 0.15) is 19.3 Å². The Kier molecular flexibility index (Phi) is 2.68. The third-order valence-corrected chi connectivity index (χ3v) is 3.14. The summed E-state index contributed by atoms with van der Waals surface area (Å²) in [6.07, 6.45) is 5.18. The van der Waals surface area contributed by atoms with Crippen LogP contribution < -0.4 is 5.69 Å². The standard InChI is InChI=1S/C12H15N3O2/c16-12-14-7-3-1-6-11(14)13-15(12)9-10-5-2-4-8-17-10/h1,3,6-7,10H,2,4-5,8-9H2. The van der Waals surface area contributed by atoms with Gasteiger partial charge in [-0.15, -0.1) is 5.10 Å². The molecule has 0 bridgehead atoms. The van der Waals surface area contributed by atoms with Crippen LogP contribution in [-0.4, -0.2) is 26.9 Å². The molecule has 0 aliphatic carbocycles. The molecule has 2 aromatic rings. The van der Waals surface area contributed by atoms with Crippen LogP contribution in [0.15, 0.2) is 29.2 Å². The van der Waals surface area contributed by atoms with E-state index in [0.29, 0.717) is 12.2 Å². The van der Waals surface area contributed by atoms with Crippen LogP contribution in [0.4, 0.5) is 0 Å². The largest absolute Gasteiger partial charge is 0.376 e. The molecular weight excluding hydrogens is 218 g/mol. The summed E-state index contributed by atoms with van der Waals surface area (Å²) in [6.45, 7) is 1.35. The molecule has 0 aromatic carbocycles. The van der Waals surface area contributed by atoms with Gasteiger partial charge in [0.1, 0.15) is 0 Å². The lowest BCUT2D eigenvalue weighted by atomic mass is 10.1. The van der Waals surface area contributed by atoms with E-state index >= 15 is 0 Å². The molecule has 1 saturated heterocycles. The van der Waals surface area contributed by atoms with Crippen LogP contribution in [0.25, 0.3) is 5.65 Å². The van der Waals surface area contributed by atoms with Crippen molar-refractivity contribution in [2.45, 2.75) is 31.9 Å². The molecule has 1 aliphatic heterocycles. The first-order valence-corrected chi connectivity index (χ1v) is 6.00. The Hall–Kier alpha value is -1.62. The first-order chi connectivity index (χ1) is 8.34. The summed E-state index contributed by atoms with van der Waals surface area (Å²) in [5.74, 6) is 0. The fourth-order valence-electron chi connectivity index (χ4n) is 2.23. The van der Waals surface area contributed by atoms with Crippen molar-refractivity contribution in [2.75, 3.05) is 6.61 Å². The van der Waals surface area contributed by atoms with Crippen LogP contribution in [0, 0.1) is 0 Å². The van der Waals surface area contributed by atoms with E-state index in [4.69, 9.17) is 4.74 Å². The molecule has 0 spiro atoms. The highest BCUT2D eigenvalue weighted by molar-refractivity contribution is 5.35. The highest BCUT2D eigenvalue weighted by atomic mass is 16.5. The van der Waals surface area contributed by atoms with Crippen molar-refractivity contribution in [2.24, 2.45) is 0 Å². The Labute approximate surface area is 98.6 Å². The van der Waals surface area contributed by atoms with Crippen molar-refractivity contribution < 1.29 is 4.74 Å². The zero-order valence-electron chi connectivity index (χ0n) is 9.58. The fourth-order valence-corrected chi connectivity index (χ4v) is 2.23. The summed E-state index contributed by atoms with van der Waals surface area (Å²) in [5, 5.41) is 4.29. The fraction of sp³-hybridized carbons (Fsp3) is 0.500. The van der Waals surface area contributed by atoms with E-state index in [1.807, 2.05) is 18.2 Å². The third-order valence-electron chi connectivity index (χ3n) is 3.14. The SMILES string of the molecule is O=c1n(CC2CCCCO2)nc2ccccn12. The second-order valence-corrected chi connectivity index (χ2v) is 4.38. The minimum Gasteiger partial charge on any atom is -0.376 e. The summed E-state index contributed by atoms with van der Waals surface area (Å²) >= 11 is 0. The summed E-state index contributed by atoms with van der Waals surface area (Å²) in [4.78, 5) is 12.0. The lowest BCUT2D eigenvalue weighted by molar-refractivity contribution is 0.00341. The Morgan fingerprint density at radius 2 is 2.35 bits per heavy atom. The first-order valence-electron chi connectivity index (χ1n) is 6.00. The molecular formula is C12H15N3O2. The Morgan fingerprint density at radius 1 is 1.41 bits per heavy atom. The zero-order chi connectivity index (χ0) is 11.7. The van der Waals surface area contributed by atoms with Crippen LogP contribution in [0.2, 0.25) is 0 Å². The molecule has 90 valence electrons. The van der Waals surface area contributed by atoms with Crippen LogP contribution in [0.5, 0.6) is 0 Å². The molecule has 5 heteroatoms. The van der Waals surface area contributed by atoms with Gasteiger partial charge in [-0.25, -0.2) is 9.48 Å². The summed E-state index contributed by atoms with van der Waals surface area (Å²) < 4.78 is 8.69. The summed E-state index contributed by atoms with van der Waals surface area (Å²) in [7, 11) is 0. The molecule has 0 amide bonds. The van der Waals surface area contributed by atoms with Crippen LogP contribution in [0.3, 0.4) is 0 Å². The number of fused-ring (bicyclic) bond motifs is 1. The molecule has 1 aliphatic rings. The van der Waals surface area contributed by atoms with Gasteiger partial charge in [-0.3, -0.25) is 4.40 Å². The van der Waals surface area contributed by atoms with Gasteiger partial charge in [-0.1, -0.05) is 6.07 Å². The first kappa shape index (κ1) is 10.5. The van der Waals surface area contributed by atoms with Crippen molar-refractivity contribution in [3.05, 3.63) is 34.9 Å². The number of ether oxygens (including phenoxy) is 1. The van der Waals surface area contributed by atoms with Crippen molar-refractivity contribution in [1.29, 1.82) is 0 Å². The molecule has 2 aromatic heterocycles. The Morgan fingerprint density at radius 3 is 3.12 bits per heavy atom. The van der Waals surface area contributed by atoms with Gasteiger partial charge in [-0.05, 0) is 31.4 Å². The van der Waals surface area contributed by atoms with Gasteiger partial charge in [0, 0.05) is 12.8 Å². The number of hydrogen-bond donors (Lipinski definition) is 0. The van der Waals surface area contributed by atoms with Gasteiger partial charge in [-0.2, -0.15) is 0 Å². The summed E-state index contributed by atoms with van der Waals surface area (Å²) in [5.41, 5.74) is 0.600. The Bertz CT molecular complexity index is 566. The molecule has 17 heavy (non-hydrogen) atoms. The smallest absolute Gasteiger partial charge is 0.350 e. The lowest BCUT2D eigenvalue weighted by Crippen LogP contribution is -2.30. The maximum absolute atomic E-state index is 12.0. The molecule has 5 nitrogen and oxygen atoms in total. The maximum atomic E-state index is 12.0. The highest BCUT2D eigenvalue weighted by Gasteiger charge is 2.16. The van der Waals surface area contributed by atoms with E-state index < -0.39 is 0 Å². The monoisotopic (exact) mass is 233 g/mol. The van der Waals surface area contributed by atoms with E-state index in [2.05, 4.69) is 5.10 Å². The molecule has 1 atom stereocenters. The number of rotatable bonds is 2. The van der Waals surface area contributed by atoms with E-state index in [-0.39, 0.29) is 11.8 Å². The highest BCUT2D eigenvalue weighted by Crippen LogP contribution is 2.13. The van der Waals surface area contributed by atoms with Crippen LogP contribution >= 0.6 is 0 Å². The molecule has 1 unspecified atom stereocenters. The molecule has 3 heterocycles. The number of aromatic nitrogens is 3. The van der Waals surface area contributed by atoms with Gasteiger partial charge in [0.15, 0.2) is 5.65 Å².